The zero-order chi connectivity index (χ0) is 16.8. The van der Waals surface area contributed by atoms with Gasteiger partial charge in [0, 0.05) is 5.92 Å². The molecule has 2 rings (SSSR count). The van der Waals surface area contributed by atoms with E-state index < -0.39 is 57.9 Å². The third kappa shape index (κ3) is 2.10. The molecule has 0 bridgehead atoms. The molecule has 8 heteroatoms. The summed E-state index contributed by atoms with van der Waals surface area (Å²) in [5.41, 5.74) is -1.69. The molecule has 2 unspecified atom stereocenters. The zero-order valence-corrected chi connectivity index (χ0v) is 11.2. The number of hydrogen-bond acceptors (Lipinski definition) is 3. The van der Waals surface area contributed by atoms with Gasteiger partial charge in [0.1, 0.15) is 11.2 Å². The van der Waals surface area contributed by atoms with Gasteiger partial charge in [0.05, 0.1) is 0 Å². The van der Waals surface area contributed by atoms with E-state index in [1.165, 1.54) is 6.08 Å². The van der Waals surface area contributed by atoms with Crippen LogP contribution in [0.4, 0.5) is 22.0 Å². The number of esters is 1. The van der Waals surface area contributed by atoms with Crippen LogP contribution in [-0.4, -0.2) is 11.8 Å². The molecule has 118 valence electrons. The van der Waals surface area contributed by atoms with Gasteiger partial charge in [-0.3, -0.25) is 9.59 Å². The Hall–Kier alpha value is -2.25. The number of Topliss-reactive ketones (excluding diaryl/α,β-unsaturated/α-hetero) is 1. The van der Waals surface area contributed by atoms with Crippen molar-refractivity contribution < 1.29 is 36.3 Å². The van der Waals surface area contributed by atoms with Crippen LogP contribution in [0.2, 0.25) is 0 Å². The van der Waals surface area contributed by atoms with Gasteiger partial charge in [-0.1, -0.05) is 6.08 Å². The summed E-state index contributed by atoms with van der Waals surface area (Å²) in [6.07, 6.45) is 1.28. The Labute approximate surface area is 121 Å². The van der Waals surface area contributed by atoms with Crippen LogP contribution in [0.15, 0.2) is 12.7 Å². The quantitative estimate of drug-likeness (QED) is 0.163. The van der Waals surface area contributed by atoms with Crippen LogP contribution in [0.1, 0.15) is 13.3 Å². The maximum Gasteiger partial charge on any atom is 0.325 e. The maximum atomic E-state index is 13.4. The maximum absolute atomic E-state index is 13.4. The summed E-state index contributed by atoms with van der Waals surface area (Å²) < 4.78 is 70.2. The fourth-order valence-corrected chi connectivity index (χ4v) is 2.21. The van der Waals surface area contributed by atoms with Crippen molar-refractivity contribution in [2.45, 2.75) is 13.3 Å². The van der Waals surface area contributed by atoms with Gasteiger partial charge in [-0.2, -0.15) is 8.78 Å². The smallest absolute Gasteiger partial charge is 0.325 e. The first-order valence-corrected chi connectivity index (χ1v) is 6.05. The SMILES string of the molecule is C=CC1CC1(C(C)=O)C(=O)Oc1c(F)c(F)c(F)c(F)c1F. The molecule has 0 spiro atoms. The molecule has 22 heavy (non-hydrogen) atoms. The molecule has 0 N–H and O–H groups in total. The summed E-state index contributed by atoms with van der Waals surface area (Å²) in [4.78, 5) is 23.5. The summed E-state index contributed by atoms with van der Waals surface area (Å²) in [6, 6.07) is 0. The van der Waals surface area contributed by atoms with Gasteiger partial charge in [0.2, 0.25) is 34.8 Å². The van der Waals surface area contributed by atoms with Gasteiger partial charge in [0.25, 0.3) is 0 Å². The van der Waals surface area contributed by atoms with E-state index in [0.29, 0.717) is 0 Å². The standard InChI is InChI=1S/C14H9F5O3/c1-3-6-4-14(6,5(2)20)13(21)22-12-10(18)8(16)7(15)9(17)11(12)19/h3,6H,1,4H2,2H3. The molecular weight excluding hydrogens is 311 g/mol. The summed E-state index contributed by atoms with van der Waals surface area (Å²) in [6.45, 7) is 4.45. The second-order valence-electron chi connectivity index (χ2n) is 4.86. The molecule has 0 saturated heterocycles. The van der Waals surface area contributed by atoms with E-state index in [2.05, 4.69) is 11.3 Å². The molecule has 0 amide bonds. The number of benzene rings is 1. The fourth-order valence-electron chi connectivity index (χ4n) is 2.21. The minimum atomic E-state index is -2.37. The number of carbonyl (C=O) groups is 2. The lowest BCUT2D eigenvalue weighted by Crippen LogP contribution is -2.31. The van der Waals surface area contributed by atoms with Crippen molar-refractivity contribution in [3.63, 3.8) is 0 Å². The predicted molar refractivity (Wildman–Crippen MR) is 63.3 cm³/mol. The minimum Gasteiger partial charge on any atom is -0.419 e. The van der Waals surface area contributed by atoms with E-state index in [4.69, 9.17) is 0 Å². The average Bonchev–Trinajstić information content (AvgIpc) is 3.23. The van der Waals surface area contributed by atoms with Crippen molar-refractivity contribution in [1.82, 2.24) is 0 Å². The van der Waals surface area contributed by atoms with E-state index in [1.54, 1.807) is 0 Å². The molecule has 0 aromatic heterocycles. The zero-order valence-electron chi connectivity index (χ0n) is 11.2. The Bertz CT molecular complexity index is 671. The largest absolute Gasteiger partial charge is 0.419 e. The molecule has 1 aliphatic carbocycles. The third-order valence-corrected chi connectivity index (χ3v) is 3.66. The summed E-state index contributed by atoms with van der Waals surface area (Å²) >= 11 is 0. The van der Waals surface area contributed by atoms with E-state index in [9.17, 15) is 31.5 Å². The summed E-state index contributed by atoms with van der Waals surface area (Å²) in [5, 5.41) is 0. The molecule has 0 aliphatic heterocycles. The topological polar surface area (TPSA) is 43.4 Å². The van der Waals surface area contributed by atoms with Crippen molar-refractivity contribution in [2.75, 3.05) is 0 Å². The molecular formula is C14H9F5O3. The van der Waals surface area contributed by atoms with Crippen molar-refractivity contribution in [3.8, 4) is 5.75 Å². The summed E-state index contributed by atoms with van der Waals surface area (Å²) in [7, 11) is 0. The van der Waals surface area contributed by atoms with Crippen molar-refractivity contribution >= 4 is 11.8 Å². The Morgan fingerprint density at radius 2 is 1.55 bits per heavy atom. The van der Waals surface area contributed by atoms with Gasteiger partial charge >= 0.3 is 5.97 Å². The lowest BCUT2D eigenvalue weighted by Gasteiger charge is -2.14. The highest BCUT2D eigenvalue weighted by Gasteiger charge is 2.64. The van der Waals surface area contributed by atoms with Gasteiger partial charge in [-0.25, -0.2) is 13.2 Å². The number of ether oxygens (including phenoxy) is 1. The van der Waals surface area contributed by atoms with E-state index in [-0.39, 0.29) is 6.42 Å². The van der Waals surface area contributed by atoms with Crippen LogP contribution in [-0.2, 0) is 9.59 Å². The number of carbonyl (C=O) groups excluding carboxylic acids is 2. The van der Waals surface area contributed by atoms with Crippen molar-refractivity contribution in [1.29, 1.82) is 0 Å². The van der Waals surface area contributed by atoms with Gasteiger partial charge in [-0.05, 0) is 13.3 Å². The monoisotopic (exact) mass is 320 g/mol. The Morgan fingerprint density at radius 3 is 1.91 bits per heavy atom. The molecule has 3 nitrogen and oxygen atoms in total. The highest BCUT2D eigenvalue weighted by Crippen LogP contribution is 2.55. The molecule has 1 aliphatic rings. The second kappa shape index (κ2) is 5.19. The fraction of sp³-hybridized carbons (Fsp3) is 0.286. The van der Waals surface area contributed by atoms with Crippen LogP contribution in [0.3, 0.4) is 0 Å². The predicted octanol–water partition coefficient (Wildman–Crippen LogP) is 3.07. The second-order valence-corrected chi connectivity index (χ2v) is 4.86. The summed E-state index contributed by atoms with van der Waals surface area (Å²) in [5.74, 6) is -15.8. The number of halogens is 5. The number of allylic oxidation sites excluding steroid dienone is 1. The first kappa shape index (κ1) is 16.1. The van der Waals surface area contributed by atoms with Crippen molar-refractivity contribution in [2.24, 2.45) is 11.3 Å². The third-order valence-electron chi connectivity index (χ3n) is 3.66. The van der Waals surface area contributed by atoms with Crippen LogP contribution < -0.4 is 4.74 Å². The van der Waals surface area contributed by atoms with Crippen molar-refractivity contribution in [3.05, 3.63) is 41.7 Å². The number of ketones is 1. The Balaban J connectivity index is 2.42. The highest BCUT2D eigenvalue weighted by molar-refractivity contribution is 6.07. The minimum absolute atomic E-state index is 0.0000632. The molecule has 2 atom stereocenters. The van der Waals surface area contributed by atoms with Gasteiger partial charge < -0.3 is 4.74 Å². The first-order valence-electron chi connectivity index (χ1n) is 6.05. The van der Waals surface area contributed by atoms with E-state index >= 15 is 0 Å². The molecule has 1 saturated carbocycles. The van der Waals surface area contributed by atoms with Gasteiger partial charge in [0.15, 0.2) is 0 Å². The van der Waals surface area contributed by atoms with Gasteiger partial charge in [-0.15, -0.1) is 6.58 Å². The lowest BCUT2D eigenvalue weighted by molar-refractivity contribution is -0.146. The lowest BCUT2D eigenvalue weighted by atomic mass is 9.99. The molecule has 0 heterocycles. The van der Waals surface area contributed by atoms with E-state index in [1.807, 2.05) is 0 Å². The van der Waals surface area contributed by atoms with Crippen LogP contribution >= 0.6 is 0 Å². The highest BCUT2D eigenvalue weighted by atomic mass is 19.2. The molecule has 1 aromatic carbocycles. The van der Waals surface area contributed by atoms with E-state index in [0.717, 1.165) is 6.92 Å². The Morgan fingerprint density at radius 1 is 1.09 bits per heavy atom. The molecule has 0 radical (unpaired) electrons. The molecule has 1 fully saturated rings. The Kier molecular flexibility index (Phi) is 3.80. The molecule has 1 aromatic rings. The van der Waals surface area contributed by atoms with Crippen LogP contribution in [0.25, 0.3) is 0 Å². The first-order chi connectivity index (χ1) is 10.2. The average molecular weight is 320 g/mol. The number of rotatable bonds is 4. The van der Waals surface area contributed by atoms with Crippen LogP contribution in [0, 0.1) is 40.4 Å². The van der Waals surface area contributed by atoms with Crippen LogP contribution in [0.5, 0.6) is 5.75 Å². The normalized spacial score (nSPS) is 23.1. The number of hydrogen-bond donors (Lipinski definition) is 0.